The molecule has 1 fully saturated rings. The standard InChI is InChI=1S/C13H18ClN3O/c14-10-2-1-3-12(8-10)16-13(18)5-7-17-6-4-11(15)9-17/h1-3,8,11H,4-7,9,15H2,(H,16,18). The minimum Gasteiger partial charge on any atom is -0.326 e. The molecule has 1 saturated heterocycles. The molecular weight excluding hydrogens is 250 g/mol. The second kappa shape index (κ2) is 6.18. The van der Waals surface area contributed by atoms with E-state index in [1.807, 2.05) is 12.1 Å². The Morgan fingerprint density at radius 3 is 3.06 bits per heavy atom. The summed E-state index contributed by atoms with van der Waals surface area (Å²) in [5.41, 5.74) is 6.56. The third kappa shape index (κ3) is 3.98. The summed E-state index contributed by atoms with van der Waals surface area (Å²) in [6.45, 7) is 2.65. The Morgan fingerprint density at radius 1 is 1.56 bits per heavy atom. The first-order valence-corrected chi connectivity index (χ1v) is 6.54. The number of nitrogens with two attached hydrogens (primary N) is 1. The molecule has 1 aromatic carbocycles. The molecule has 2 rings (SSSR count). The van der Waals surface area contributed by atoms with E-state index in [0.29, 0.717) is 11.4 Å². The van der Waals surface area contributed by atoms with Gasteiger partial charge in [-0.25, -0.2) is 0 Å². The molecule has 1 heterocycles. The second-order valence-electron chi connectivity index (χ2n) is 4.66. The van der Waals surface area contributed by atoms with E-state index in [4.69, 9.17) is 17.3 Å². The minimum atomic E-state index is 0.0118. The van der Waals surface area contributed by atoms with Gasteiger partial charge in [-0.15, -0.1) is 0 Å². The Hall–Kier alpha value is -1.10. The van der Waals surface area contributed by atoms with Gasteiger partial charge in [0.05, 0.1) is 0 Å². The van der Waals surface area contributed by atoms with E-state index in [1.165, 1.54) is 0 Å². The van der Waals surface area contributed by atoms with Crippen LogP contribution in [0.5, 0.6) is 0 Å². The van der Waals surface area contributed by atoms with Crippen molar-refractivity contribution in [3.05, 3.63) is 29.3 Å². The van der Waals surface area contributed by atoms with Crippen molar-refractivity contribution >= 4 is 23.2 Å². The normalized spacial score (nSPS) is 20.0. The quantitative estimate of drug-likeness (QED) is 0.873. The summed E-state index contributed by atoms with van der Waals surface area (Å²) in [5, 5.41) is 3.46. The van der Waals surface area contributed by atoms with E-state index in [-0.39, 0.29) is 11.9 Å². The number of rotatable bonds is 4. The summed E-state index contributed by atoms with van der Waals surface area (Å²) in [7, 11) is 0. The van der Waals surface area contributed by atoms with Crippen molar-refractivity contribution in [1.82, 2.24) is 4.90 Å². The molecule has 1 aromatic rings. The van der Waals surface area contributed by atoms with Crippen molar-refractivity contribution in [2.24, 2.45) is 5.73 Å². The number of nitrogens with one attached hydrogen (secondary N) is 1. The fraction of sp³-hybridized carbons (Fsp3) is 0.462. The van der Waals surface area contributed by atoms with Gasteiger partial charge in [-0.3, -0.25) is 4.79 Å². The van der Waals surface area contributed by atoms with Crippen LogP contribution in [0.25, 0.3) is 0 Å². The number of anilines is 1. The minimum absolute atomic E-state index is 0.0118. The van der Waals surface area contributed by atoms with Gasteiger partial charge in [0.25, 0.3) is 0 Å². The van der Waals surface area contributed by atoms with Gasteiger partial charge >= 0.3 is 0 Å². The van der Waals surface area contributed by atoms with E-state index in [9.17, 15) is 4.79 Å². The summed E-state index contributed by atoms with van der Waals surface area (Å²) in [6, 6.07) is 7.43. The molecule has 1 aliphatic heterocycles. The van der Waals surface area contributed by atoms with Gasteiger partial charge in [0.15, 0.2) is 0 Å². The topological polar surface area (TPSA) is 58.4 Å². The molecule has 0 spiro atoms. The number of carbonyl (C=O) groups excluding carboxylic acids is 1. The van der Waals surface area contributed by atoms with Crippen LogP contribution in [-0.4, -0.2) is 36.5 Å². The average molecular weight is 268 g/mol. The van der Waals surface area contributed by atoms with Crippen molar-refractivity contribution in [2.45, 2.75) is 18.9 Å². The van der Waals surface area contributed by atoms with Crippen LogP contribution >= 0.6 is 11.6 Å². The monoisotopic (exact) mass is 267 g/mol. The lowest BCUT2D eigenvalue weighted by molar-refractivity contribution is -0.116. The molecule has 1 atom stereocenters. The van der Waals surface area contributed by atoms with Crippen LogP contribution < -0.4 is 11.1 Å². The van der Waals surface area contributed by atoms with Crippen LogP contribution in [0.1, 0.15) is 12.8 Å². The number of carbonyl (C=O) groups is 1. The van der Waals surface area contributed by atoms with Crippen LogP contribution in [0.4, 0.5) is 5.69 Å². The first-order chi connectivity index (χ1) is 8.63. The third-order valence-electron chi connectivity index (χ3n) is 3.07. The van der Waals surface area contributed by atoms with Gasteiger partial charge in [0, 0.05) is 36.3 Å². The predicted molar refractivity (Wildman–Crippen MR) is 73.7 cm³/mol. The highest BCUT2D eigenvalue weighted by Gasteiger charge is 2.19. The van der Waals surface area contributed by atoms with Crippen LogP contribution in [0.3, 0.4) is 0 Å². The molecule has 0 saturated carbocycles. The third-order valence-corrected chi connectivity index (χ3v) is 3.31. The summed E-state index contributed by atoms with van der Waals surface area (Å²) in [6.07, 6.45) is 1.51. The lowest BCUT2D eigenvalue weighted by atomic mass is 10.3. The molecule has 3 N–H and O–H groups in total. The van der Waals surface area contributed by atoms with Crippen LogP contribution in [-0.2, 0) is 4.79 Å². The first kappa shape index (κ1) is 13.3. The Balaban J connectivity index is 1.75. The zero-order valence-electron chi connectivity index (χ0n) is 10.2. The largest absolute Gasteiger partial charge is 0.326 e. The summed E-state index contributed by atoms with van der Waals surface area (Å²) in [4.78, 5) is 14.0. The molecular formula is C13H18ClN3O. The number of amides is 1. The Bertz CT molecular complexity index is 424. The smallest absolute Gasteiger partial charge is 0.225 e. The number of hydrogen-bond acceptors (Lipinski definition) is 3. The molecule has 4 nitrogen and oxygen atoms in total. The van der Waals surface area contributed by atoms with E-state index < -0.39 is 0 Å². The van der Waals surface area contributed by atoms with Gasteiger partial charge in [-0.2, -0.15) is 0 Å². The van der Waals surface area contributed by atoms with Crippen molar-refractivity contribution in [3.63, 3.8) is 0 Å². The van der Waals surface area contributed by atoms with Gasteiger partial charge in [-0.05, 0) is 31.2 Å². The van der Waals surface area contributed by atoms with Crippen LogP contribution in [0.2, 0.25) is 5.02 Å². The Kier molecular flexibility index (Phi) is 4.58. The fourth-order valence-corrected chi connectivity index (χ4v) is 2.31. The molecule has 0 radical (unpaired) electrons. The van der Waals surface area contributed by atoms with Gasteiger partial charge in [0.1, 0.15) is 0 Å². The number of nitrogens with zero attached hydrogens (tertiary/aromatic N) is 1. The molecule has 98 valence electrons. The molecule has 0 aromatic heterocycles. The number of likely N-dealkylation sites (tertiary alicyclic amines) is 1. The van der Waals surface area contributed by atoms with Crippen molar-refractivity contribution in [2.75, 3.05) is 25.0 Å². The summed E-state index contributed by atoms with van der Waals surface area (Å²) >= 11 is 5.85. The van der Waals surface area contributed by atoms with Gasteiger partial charge < -0.3 is 16.0 Å². The summed E-state index contributed by atoms with van der Waals surface area (Å²) < 4.78 is 0. The highest BCUT2D eigenvalue weighted by molar-refractivity contribution is 6.30. The van der Waals surface area contributed by atoms with E-state index in [2.05, 4.69) is 10.2 Å². The molecule has 0 bridgehead atoms. The highest BCUT2D eigenvalue weighted by Crippen LogP contribution is 2.15. The zero-order valence-corrected chi connectivity index (χ0v) is 11.0. The Morgan fingerprint density at radius 2 is 2.39 bits per heavy atom. The van der Waals surface area contributed by atoms with Crippen LogP contribution in [0.15, 0.2) is 24.3 Å². The van der Waals surface area contributed by atoms with Gasteiger partial charge in [0.2, 0.25) is 5.91 Å². The van der Waals surface area contributed by atoms with E-state index >= 15 is 0 Å². The average Bonchev–Trinajstić information content (AvgIpc) is 2.73. The SMILES string of the molecule is NC1CCN(CCC(=O)Nc2cccc(Cl)c2)C1. The van der Waals surface area contributed by atoms with Crippen molar-refractivity contribution < 1.29 is 4.79 Å². The maximum Gasteiger partial charge on any atom is 0.225 e. The summed E-state index contributed by atoms with van der Waals surface area (Å²) in [5.74, 6) is 0.0118. The number of benzene rings is 1. The molecule has 1 aliphatic rings. The van der Waals surface area contributed by atoms with Crippen molar-refractivity contribution in [1.29, 1.82) is 0 Å². The molecule has 18 heavy (non-hydrogen) atoms. The Labute approximate surface area is 112 Å². The molecule has 1 unspecified atom stereocenters. The second-order valence-corrected chi connectivity index (χ2v) is 5.09. The lowest BCUT2D eigenvalue weighted by Gasteiger charge is -2.14. The van der Waals surface area contributed by atoms with E-state index in [0.717, 1.165) is 31.7 Å². The highest BCUT2D eigenvalue weighted by atomic mass is 35.5. The zero-order chi connectivity index (χ0) is 13.0. The van der Waals surface area contributed by atoms with Crippen LogP contribution in [0, 0.1) is 0 Å². The van der Waals surface area contributed by atoms with E-state index in [1.54, 1.807) is 12.1 Å². The molecule has 1 amide bonds. The predicted octanol–water partition coefficient (Wildman–Crippen LogP) is 1.70. The van der Waals surface area contributed by atoms with Gasteiger partial charge in [-0.1, -0.05) is 17.7 Å². The molecule has 5 heteroatoms. The maximum atomic E-state index is 11.7. The van der Waals surface area contributed by atoms with Crippen molar-refractivity contribution in [3.8, 4) is 0 Å². The maximum absolute atomic E-state index is 11.7. The number of halogens is 1. The number of hydrogen-bond donors (Lipinski definition) is 2. The first-order valence-electron chi connectivity index (χ1n) is 6.17. The molecule has 0 aliphatic carbocycles. The fourth-order valence-electron chi connectivity index (χ4n) is 2.12. The lowest BCUT2D eigenvalue weighted by Crippen LogP contribution is -2.29.